The number of methoxy groups -OCH3 is 1. The number of rotatable bonds is 7. The van der Waals surface area contributed by atoms with Gasteiger partial charge in [-0.05, 0) is 74.0 Å². The highest BCUT2D eigenvalue weighted by Gasteiger charge is 2.08. The second-order valence-electron chi connectivity index (χ2n) is 6.42. The molecular formula is C22H23N3O2S. The highest BCUT2D eigenvalue weighted by atomic mass is 32.2. The molecule has 1 N–H and O–H groups in total. The molecule has 0 fully saturated rings. The largest absolute Gasteiger partial charge is 0.496 e. The third kappa shape index (κ3) is 5.57. The molecule has 28 heavy (non-hydrogen) atoms. The Bertz CT molecular complexity index is 938. The Morgan fingerprint density at radius 2 is 1.71 bits per heavy atom. The number of nitrogens with zero attached hydrogens (tertiary/aromatic N) is 2. The van der Waals surface area contributed by atoms with E-state index in [-0.39, 0.29) is 5.91 Å². The molecule has 0 saturated carbocycles. The number of anilines is 1. The lowest BCUT2D eigenvalue weighted by atomic mass is 10.1. The van der Waals surface area contributed by atoms with Crippen molar-refractivity contribution in [3.63, 3.8) is 0 Å². The standard InChI is InChI=1S/C22H23N3O2S/c1-15-14-16(2)24-22(23-15)28-19-11-9-18(10-12-19)25-21(26)13-8-17-6-4-5-7-20(17)27-3/h4-7,9-12,14H,8,13H2,1-3H3,(H,25,26). The van der Waals surface area contributed by atoms with E-state index >= 15 is 0 Å². The first kappa shape index (κ1) is 19.9. The molecule has 0 aliphatic rings. The Labute approximate surface area is 169 Å². The van der Waals surface area contributed by atoms with Gasteiger partial charge in [-0.2, -0.15) is 0 Å². The number of nitrogens with one attached hydrogen (secondary N) is 1. The van der Waals surface area contributed by atoms with Crippen LogP contribution in [-0.2, 0) is 11.2 Å². The third-order valence-electron chi connectivity index (χ3n) is 4.12. The molecule has 1 heterocycles. The monoisotopic (exact) mass is 393 g/mol. The summed E-state index contributed by atoms with van der Waals surface area (Å²) in [5, 5.41) is 3.67. The highest BCUT2D eigenvalue weighted by Crippen LogP contribution is 2.26. The maximum absolute atomic E-state index is 12.3. The van der Waals surface area contributed by atoms with Crippen LogP contribution in [0.25, 0.3) is 0 Å². The summed E-state index contributed by atoms with van der Waals surface area (Å²) in [5.41, 5.74) is 3.71. The van der Waals surface area contributed by atoms with Crippen LogP contribution in [0, 0.1) is 13.8 Å². The van der Waals surface area contributed by atoms with Gasteiger partial charge in [0.15, 0.2) is 5.16 Å². The van der Waals surface area contributed by atoms with E-state index in [1.165, 1.54) is 11.8 Å². The van der Waals surface area contributed by atoms with Crippen LogP contribution >= 0.6 is 11.8 Å². The number of amides is 1. The molecule has 0 unspecified atom stereocenters. The average molecular weight is 394 g/mol. The van der Waals surface area contributed by atoms with Crippen molar-refractivity contribution in [1.82, 2.24) is 9.97 Å². The minimum Gasteiger partial charge on any atom is -0.496 e. The zero-order valence-corrected chi connectivity index (χ0v) is 17.0. The molecular weight excluding hydrogens is 370 g/mol. The Hall–Kier alpha value is -2.86. The lowest BCUT2D eigenvalue weighted by molar-refractivity contribution is -0.116. The summed E-state index contributed by atoms with van der Waals surface area (Å²) in [5.74, 6) is 0.786. The summed E-state index contributed by atoms with van der Waals surface area (Å²) in [7, 11) is 1.64. The van der Waals surface area contributed by atoms with Gasteiger partial charge in [0, 0.05) is 28.4 Å². The summed E-state index contributed by atoms with van der Waals surface area (Å²) >= 11 is 1.51. The molecule has 6 heteroatoms. The molecule has 0 bridgehead atoms. The second-order valence-corrected chi connectivity index (χ2v) is 7.46. The van der Waals surface area contributed by atoms with Crippen molar-refractivity contribution in [2.24, 2.45) is 0 Å². The first-order valence-electron chi connectivity index (χ1n) is 9.05. The molecule has 5 nitrogen and oxygen atoms in total. The highest BCUT2D eigenvalue weighted by molar-refractivity contribution is 7.99. The normalized spacial score (nSPS) is 10.5. The molecule has 3 aromatic rings. The van der Waals surface area contributed by atoms with E-state index in [0.29, 0.717) is 12.8 Å². The van der Waals surface area contributed by atoms with Gasteiger partial charge in [-0.25, -0.2) is 9.97 Å². The van der Waals surface area contributed by atoms with Crippen molar-refractivity contribution in [1.29, 1.82) is 0 Å². The maximum Gasteiger partial charge on any atom is 0.224 e. The lowest BCUT2D eigenvalue weighted by Crippen LogP contribution is -2.12. The zero-order chi connectivity index (χ0) is 19.9. The van der Waals surface area contributed by atoms with Crippen molar-refractivity contribution >= 4 is 23.4 Å². The van der Waals surface area contributed by atoms with Crippen molar-refractivity contribution in [2.75, 3.05) is 12.4 Å². The van der Waals surface area contributed by atoms with Crippen LogP contribution in [-0.4, -0.2) is 23.0 Å². The first-order chi connectivity index (χ1) is 13.5. The van der Waals surface area contributed by atoms with Gasteiger partial charge in [-0.3, -0.25) is 4.79 Å². The smallest absolute Gasteiger partial charge is 0.224 e. The van der Waals surface area contributed by atoms with E-state index in [2.05, 4.69) is 15.3 Å². The number of benzene rings is 2. The molecule has 144 valence electrons. The number of hydrogen-bond acceptors (Lipinski definition) is 5. The number of aryl methyl sites for hydroxylation is 3. The molecule has 3 rings (SSSR count). The number of hydrogen-bond donors (Lipinski definition) is 1. The van der Waals surface area contributed by atoms with Gasteiger partial charge in [0.05, 0.1) is 7.11 Å². The van der Waals surface area contributed by atoms with Gasteiger partial charge < -0.3 is 10.1 Å². The van der Waals surface area contributed by atoms with Crippen LogP contribution in [0.1, 0.15) is 23.4 Å². The third-order valence-corrected chi connectivity index (χ3v) is 5.00. The second kappa shape index (κ2) is 9.37. The molecule has 2 aromatic carbocycles. The van der Waals surface area contributed by atoms with E-state index in [1.54, 1.807) is 7.11 Å². The summed E-state index contributed by atoms with van der Waals surface area (Å²) in [6, 6.07) is 17.4. The molecule has 1 aromatic heterocycles. The molecule has 0 radical (unpaired) electrons. The summed E-state index contributed by atoms with van der Waals surface area (Å²) in [6.07, 6.45) is 1.03. The van der Waals surface area contributed by atoms with Crippen LogP contribution in [0.3, 0.4) is 0 Å². The number of ether oxygens (including phenoxy) is 1. The SMILES string of the molecule is COc1ccccc1CCC(=O)Nc1ccc(Sc2nc(C)cc(C)n2)cc1. The lowest BCUT2D eigenvalue weighted by Gasteiger charge is -2.09. The maximum atomic E-state index is 12.3. The molecule has 0 spiro atoms. The van der Waals surface area contributed by atoms with Crippen LogP contribution in [0.4, 0.5) is 5.69 Å². The molecule has 0 aliphatic carbocycles. The summed E-state index contributed by atoms with van der Waals surface area (Å²) < 4.78 is 5.33. The van der Waals surface area contributed by atoms with E-state index in [4.69, 9.17) is 4.74 Å². The first-order valence-corrected chi connectivity index (χ1v) is 9.87. The quantitative estimate of drug-likeness (QED) is 0.583. The zero-order valence-electron chi connectivity index (χ0n) is 16.2. The van der Waals surface area contributed by atoms with Gasteiger partial charge in [0.2, 0.25) is 5.91 Å². The fourth-order valence-corrected chi connectivity index (χ4v) is 3.69. The average Bonchev–Trinajstić information content (AvgIpc) is 2.67. The van der Waals surface area contributed by atoms with Crippen molar-refractivity contribution < 1.29 is 9.53 Å². The fourth-order valence-electron chi connectivity index (χ4n) is 2.83. The van der Waals surface area contributed by atoms with E-state index in [9.17, 15) is 4.79 Å². The minimum atomic E-state index is -0.0241. The van der Waals surface area contributed by atoms with Gasteiger partial charge in [0.25, 0.3) is 0 Å². The van der Waals surface area contributed by atoms with Crippen molar-refractivity contribution in [2.45, 2.75) is 36.7 Å². The minimum absolute atomic E-state index is 0.0241. The number of carbonyl (C=O) groups is 1. The molecule has 0 atom stereocenters. The number of carbonyl (C=O) groups excluding carboxylic acids is 1. The molecule has 0 aliphatic heterocycles. The number of aromatic nitrogens is 2. The Morgan fingerprint density at radius 3 is 2.39 bits per heavy atom. The van der Waals surface area contributed by atoms with Crippen LogP contribution in [0.2, 0.25) is 0 Å². The van der Waals surface area contributed by atoms with E-state index in [1.807, 2.05) is 68.4 Å². The van der Waals surface area contributed by atoms with Gasteiger partial charge in [-0.15, -0.1) is 0 Å². The number of para-hydroxylation sites is 1. The predicted molar refractivity (Wildman–Crippen MR) is 112 cm³/mol. The van der Waals surface area contributed by atoms with E-state index in [0.717, 1.165) is 38.4 Å². The Kier molecular flexibility index (Phi) is 6.66. The van der Waals surface area contributed by atoms with Crippen molar-refractivity contribution in [3.8, 4) is 5.75 Å². The Morgan fingerprint density at radius 1 is 1.04 bits per heavy atom. The van der Waals surface area contributed by atoms with Gasteiger partial charge in [-0.1, -0.05) is 18.2 Å². The fraction of sp³-hybridized carbons (Fsp3) is 0.227. The topological polar surface area (TPSA) is 64.1 Å². The summed E-state index contributed by atoms with van der Waals surface area (Å²) in [4.78, 5) is 22.2. The van der Waals surface area contributed by atoms with E-state index < -0.39 is 0 Å². The van der Waals surface area contributed by atoms with Gasteiger partial charge >= 0.3 is 0 Å². The molecule has 0 saturated heterocycles. The van der Waals surface area contributed by atoms with Gasteiger partial charge in [0.1, 0.15) is 5.75 Å². The Balaban J connectivity index is 1.55. The summed E-state index contributed by atoms with van der Waals surface area (Å²) in [6.45, 7) is 3.92. The molecule has 1 amide bonds. The van der Waals surface area contributed by atoms with Crippen LogP contribution in [0.5, 0.6) is 5.75 Å². The predicted octanol–water partition coefficient (Wildman–Crippen LogP) is 4.82. The van der Waals surface area contributed by atoms with Crippen molar-refractivity contribution in [3.05, 3.63) is 71.5 Å². The van der Waals surface area contributed by atoms with Crippen LogP contribution < -0.4 is 10.1 Å². The van der Waals surface area contributed by atoms with Crippen LogP contribution in [0.15, 0.2) is 64.6 Å².